The summed E-state index contributed by atoms with van der Waals surface area (Å²) in [6, 6.07) is 4.85. The van der Waals surface area contributed by atoms with Crippen molar-refractivity contribution in [1.82, 2.24) is 15.1 Å². The monoisotopic (exact) mass is 361 g/mol. The second-order valence-electron chi connectivity index (χ2n) is 6.96. The summed E-state index contributed by atoms with van der Waals surface area (Å²) in [4.78, 5) is 28.8. The zero-order valence-electron chi connectivity index (χ0n) is 15.5. The molecule has 0 saturated carbocycles. The molecule has 7 nitrogen and oxygen atoms in total. The molecule has 26 heavy (non-hydrogen) atoms. The van der Waals surface area contributed by atoms with E-state index in [2.05, 4.69) is 10.2 Å². The fourth-order valence-electron chi connectivity index (χ4n) is 3.22. The molecular formula is C19H27N3O4. The van der Waals surface area contributed by atoms with Crippen LogP contribution in [0.15, 0.2) is 18.2 Å². The van der Waals surface area contributed by atoms with Gasteiger partial charge >= 0.3 is 0 Å². The van der Waals surface area contributed by atoms with Crippen LogP contribution in [0.3, 0.4) is 0 Å². The average Bonchev–Trinajstić information content (AvgIpc) is 3.13. The molecule has 1 unspecified atom stereocenters. The normalized spacial score (nSPS) is 18.0. The van der Waals surface area contributed by atoms with E-state index in [9.17, 15) is 9.59 Å². The molecule has 0 spiro atoms. The Morgan fingerprint density at radius 3 is 2.69 bits per heavy atom. The number of nitrogens with zero attached hydrogens (tertiary/aromatic N) is 2. The molecule has 1 amide bonds. The van der Waals surface area contributed by atoms with Crippen LogP contribution in [0, 0.1) is 0 Å². The Kier molecular flexibility index (Phi) is 6.11. The summed E-state index contributed by atoms with van der Waals surface area (Å²) in [5.41, 5.74) is 0.577. The lowest BCUT2D eigenvalue weighted by Crippen LogP contribution is -2.46. The lowest BCUT2D eigenvalue weighted by atomic mass is 10.0. The highest BCUT2D eigenvalue weighted by atomic mass is 16.7. The third kappa shape index (κ3) is 4.53. The number of fused-ring (bicyclic) bond motifs is 1. The molecule has 1 aromatic carbocycles. The molecule has 142 valence electrons. The number of nitrogens with one attached hydrogen (secondary N) is 1. The summed E-state index contributed by atoms with van der Waals surface area (Å²) in [5, 5.41) is 2.91. The molecule has 1 atom stereocenters. The molecule has 1 fully saturated rings. The van der Waals surface area contributed by atoms with Crippen molar-refractivity contribution in [3.8, 4) is 11.5 Å². The van der Waals surface area contributed by atoms with Gasteiger partial charge in [-0.2, -0.15) is 0 Å². The minimum absolute atomic E-state index is 0.00137. The zero-order chi connectivity index (χ0) is 18.5. The number of carbonyl (C=O) groups is 2. The zero-order valence-corrected chi connectivity index (χ0v) is 15.5. The number of hydrogen-bond donors (Lipinski definition) is 1. The van der Waals surface area contributed by atoms with Gasteiger partial charge in [-0.3, -0.25) is 19.4 Å². The van der Waals surface area contributed by atoms with Gasteiger partial charge in [0.05, 0.1) is 19.3 Å². The Morgan fingerprint density at radius 2 is 1.92 bits per heavy atom. The molecule has 0 aromatic heterocycles. The lowest BCUT2D eigenvalue weighted by molar-refractivity contribution is -0.123. The molecule has 2 aliphatic rings. The SMILES string of the molecule is CC(C(=O)c1ccc2c(c1)OCO2)N(C)CNC(=O)CN1CCCCC1. The fraction of sp³-hybridized carbons (Fsp3) is 0.579. The van der Waals surface area contributed by atoms with Crippen molar-refractivity contribution < 1.29 is 19.1 Å². The van der Waals surface area contributed by atoms with Crippen molar-refractivity contribution in [3.05, 3.63) is 23.8 Å². The fourth-order valence-corrected chi connectivity index (χ4v) is 3.22. The van der Waals surface area contributed by atoms with Crippen molar-refractivity contribution >= 4 is 11.7 Å². The molecule has 1 saturated heterocycles. The Bertz CT molecular complexity index is 658. The van der Waals surface area contributed by atoms with E-state index in [1.54, 1.807) is 18.2 Å². The van der Waals surface area contributed by atoms with Crippen molar-refractivity contribution in [2.45, 2.75) is 32.2 Å². The Hall–Kier alpha value is -2.12. The van der Waals surface area contributed by atoms with Crippen molar-refractivity contribution in [3.63, 3.8) is 0 Å². The molecule has 0 aliphatic carbocycles. The number of hydrogen-bond acceptors (Lipinski definition) is 6. The van der Waals surface area contributed by atoms with E-state index >= 15 is 0 Å². The number of Topliss-reactive ketones (excluding diaryl/α,β-unsaturated/α-hetero) is 1. The quantitative estimate of drug-likeness (QED) is 0.586. The first kappa shape index (κ1) is 18.7. The predicted octanol–water partition coefficient (Wildman–Crippen LogP) is 1.48. The highest BCUT2D eigenvalue weighted by molar-refractivity contribution is 6.00. The van der Waals surface area contributed by atoms with E-state index < -0.39 is 0 Å². The van der Waals surface area contributed by atoms with E-state index in [1.807, 2.05) is 18.9 Å². The number of likely N-dealkylation sites (tertiary alicyclic amines) is 1. The highest BCUT2D eigenvalue weighted by Crippen LogP contribution is 2.32. The second-order valence-corrected chi connectivity index (χ2v) is 6.96. The molecule has 3 rings (SSSR count). The summed E-state index contributed by atoms with van der Waals surface area (Å²) in [5.74, 6) is 1.24. The Morgan fingerprint density at radius 1 is 1.19 bits per heavy atom. The number of likely N-dealkylation sites (N-methyl/N-ethyl adjacent to an activating group) is 1. The Balaban J connectivity index is 1.48. The van der Waals surface area contributed by atoms with Crippen LogP contribution < -0.4 is 14.8 Å². The largest absolute Gasteiger partial charge is 0.454 e. The van der Waals surface area contributed by atoms with Gasteiger partial charge in [0.1, 0.15) is 0 Å². The van der Waals surface area contributed by atoms with Crippen LogP contribution in [0.4, 0.5) is 0 Å². The van der Waals surface area contributed by atoms with Crippen LogP contribution in [0.25, 0.3) is 0 Å². The van der Waals surface area contributed by atoms with E-state index in [-0.39, 0.29) is 24.5 Å². The molecule has 0 bridgehead atoms. The van der Waals surface area contributed by atoms with E-state index in [4.69, 9.17) is 9.47 Å². The van der Waals surface area contributed by atoms with Crippen LogP contribution in [-0.4, -0.2) is 67.7 Å². The van der Waals surface area contributed by atoms with Crippen LogP contribution in [0.2, 0.25) is 0 Å². The summed E-state index contributed by atoms with van der Waals surface area (Å²) < 4.78 is 10.6. The third-order valence-corrected chi connectivity index (χ3v) is 5.04. The minimum Gasteiger partial charge on any atom is -0.454 e. The summed E-state index contributed by atoms with van der Waals surface area (Å²) in [6.07, 6.45) is 3.57. The number of benzene rings is 1. The maximum atomic E-state index is 12.7. The van der Waals surface area contributed by atoms with Gasteiger partial charge in [0.2, 0.25) is 12.7 Å². The van der Waals surface area contributed by atoms with E-state index in [0.29, 0.717) is 30.3 Å². The average molecular weight is 361 g/mol. The molecule has 1 aromatic rings. The van der Waals surface area contributed by atoms with Crippen LogP contribution >= 0.6 is 0 Å². The van der Waals surface area contributed by atoms with Crippen molar-refractivity contribution in [1.29, 1.82) is 0 Å². The number of ketones is 1. The summed E-state index contributed by atoms with van der Waals surface area (Å²) in [7, 11) is 1.83. The smallest absolute Gasteiger partial charge is 0.235 e. The van der Waals surface area contributed by atoms with Crippen molar-refractivity contribution in [2.24, 2.45) is 0 Å². The minimum atomic E-state index is -0.356. The van der Waals surface area contributed by atoms with E-state index in [1.165, 1.54) is 6.42 Å². The number of piperidine rings is 1. The maximum absolute atomic E-state index is 12.7. The number of amides is 1. The van der Waals surface area contributed by atoms with Crippen LogP contribution in [-0.2, 0) is 4.79 Å². The van der Waals surface area contributed by atoms with Gasteiger partial charge in [-0.15, -0.1) is 0 Å². The van der Waals surface area contributed by atoms with Gasteiger partial charge in [-0.1, -0.05) is 6.42 Å². The molecule has 0 radical (unpaired) electrons. The van der Waals surface area contributed by atoms with Gasteiger partial charge in [-0.05, 0) is 58.1 Å². The molecule has 1 N–H and O–H groups in total. The number of carbonyl (C=O) groups excluding carboxylic acids is 2. The number of rotatable bonds is 7. The standard InChI is InChI=1S/C19H27N3O4/c1-14(19(24)15-6-7-16-17(10-15)26-13-25-16)21(2)12-20-18(23)11-22-8-4-3-5-9-22/h6-7,10,14H,3-5,8-9,11-13H2,1-2H3,(H,20,23). The van der Waals surface area contributed by atoms with Gasteiger partial charge in [0.15, 0.2) is 17.3 Å². The first-order chi connectivity index (χ1) is 12.5. The second kappa shape index (κ2) is 8.51. The van der Waals surface area contributed by atoms with Gasteiger partial charge < -0.3 is 14.8 Å². The van der Waals surface area contributed by atoms with E-state index in [0.717, 1.165) is 25.9 Å². The predicted molar refractivity (Wildman–Crippen MR) is 97.4 cm³/mol. The maximum Gasteiger partial charge on any atom is 0.235 e. The Labute approximate surface area is 154 Å². The van der Waals surface area contributed by atoms with Gasteiger partial charge in [0.25, 0.3) is 0 Å². The molecule has 2 heterocycles. The van der Waals surface area contributed by atoms with Crippen molar-refractivity contribution in [2.75, 3.05) is 40.1 Å². The number of ether oxygens (including phenoxy) is 2. The van der Waals surface area contributed by atoms with Crippen LogP contribution in [0.1, 0.15) is 36.5 Å². The lowest BCUT2D eigenvalue weighted by Gasteiger charge is -2.27. The molecule has 7 heteroatoms. The van der Waals surface area contributed by atoms with Gasteiger partial charge in [-0.25, -0.2) is 0 Å². The first-order valence-electron chi connectivity index (χ1n) is 9.18. The first-order valence-corrected chi connectivity index (χ1v) is 9.18. The summed E-state index contributed by atoms with van der Waals surface area (Å²) in [6.45, 7) is 4.77. The molecular weight excluding hydrogens is 334 g/mol. The topological polar surface area (TPSA) is 71.1 Å². The van der Waals surface area contributed by atoms with Gasteiger partial charge in [0, 0.05) is 5.56 Å². The summed E-state index contributed by atoms with van der Waals surface area (Å²) >= 11 is 0. The highest BCUT2D eigenvalue weighted by Gasteiger charge is 2.23. The molecule has 2 aliphatic heterocycles. The third-order valence-electron chi connectivity index (χ3n) is 5.04. The van der Waals surface area contributed by atoms with Crippen LogP contribution in [0.5, 0.6) is 11.5 Å².